The number of likely N-dealkylation sites (N-methyl/N-ethyl adjacent to an activating group) is 9. The number of amides is 14. The Morgan fingerprint density at radius 2 is 0.832 bits per heavy atom. The predicted molar refractivity (Wildman–Crippen MR) is 430 cm³/mol. The van der Waals surface area contributed by atoms with Gasteiger partial charge >= 0.3 is 0 Å². The second-order valence-electron chi connectivity index (χ2n) is 32.5. The highest BCUT2D eigenvalue weighted by Crippen LogP contribution is 2.25. The van der Waals surface area contributed by atoms with Crippen LogP contribution in [0.25, 0.3) is 0 Å². The van der Waals surface area contributed by atoms with Crippen LogP contribution in [0.5, 0.6) is 0 Å². The lowest BCUT2D eigenvalue weighted by molar-refractivity contribution is -0.153. The van der Waals surface area contributed by atoms with Crippen molar-refractivity contribution in [2.24, 2.45) is 23.7 Å². The summed E-state index contributed by atoms with van der Waals surface area (Å²) >= 11 is 0. The van der Waals surface area contributed by atoms with Gasteiger partial charge in [-0.15, -0.1) is 0 Å². The van der Waals surface area contributed by atoms with E-state index < -0.39 is 174 Å². The molecule has 624 valence electrons. The predicted octanol–water partition coefficient (Wildman–Crippen LogP) is 3.77. The maximum absolute atomic E-state index is 16.0. The molecule has 2 heterocycles. The van der Waals surface area contributed by atoms with Crippen LogP contribution in [0.3, 0.4) is 0 Å². The summed E-state index contributed by atoms with van der Waals surface area (Å²) in [6.07, 6.45) is -0.0983. The fourth-order valence-electron chi connectivity index (χ4n) is 14.4. The third kappa shape index (κ3) is 25.1. The summed E-state index contributed by atoms with van der Waals surface area (Å²) in [7, 11) is 12.2. The number of aliphatic hydroxyl groups excluding tert-OH is 1. The van der Waals surface area contributed by atoms with Gasteiger partial charge in [-0.25, -0.2) is 0 Å². The van der Waals surface area contributed by atoms with E-state index in [1.807, 2.05) is 27.7 Å². The number of benzene rings is 3. The molecule has 0 saturated carbocycles. The number of rotatable bonds is 21. The Labute approximate surface area is 668 Å². The van der Waals surface area contributed by atoms with Gasteiger partial charge in [-0.2, -0.15) is 0 Å². The minimum atomic E-state index is -1.89. The van der Waals surface area contributed by atoms with Crippen molar-refractivity contribution in [1.82, 2.24) is 70.3 Å². The van der Waals surface area contributed by atoms with Crippen LogP contribution in [-0.4, -0.2) is 298 Å². The van der Waals surface area contributed by atoms with Gasteiger partial charge in [0.05, 0.1) is 12.5 Å². The molecule has 0 radical (unpaired) electrons. The zero-order valence-electron chi connectivity index (χ0n) is 70.7. The van der Waals surface area contributed by atoms with Crippen LogP contribution in [0.15, 0.2) is 91.0 Å². The maximum Gasteiger partial charge on any atom is 0.248 e. The molecule has 29 nitrogen and oxygen atoms in total. The second-order valence-corrected chi connectivity index (χ2v) is 32.5. The number of aliphatic hydroxyl groups is 1. The van der Waals surface area contributed by atoms with E-state index in [1.54, 1.807) is 131 Å². The van der Waals surface area contributed by atoms with Crippen LogP contribution in [0.1, 0.15) is 152 Å². The molecule has 2 fully saturated rings. The molecule has 3 aromatic carbocycles. The van der Waals surface area contributed by atoms with Crippen LogP contribution >= 0.6 is 0 Å². The number of piperidine rings is 1. The van der Waals surface area contributed by atoms with Gasteiger partial charge in [0.15, 0.2) is 0 Å². The van der Waals surface area contributed by atoms with E-state index >= 15 is 33.6 Å². The first-order chi connectivity index (χ1) is 52.9. The van der Waals surface area contributed by atoms with Crippen molar-refractivity contribution in [2.75, 3.05) is 76.5 Å². The molecule has 0 spiro atoms. The van der Waals surface area contributed by atoms with Crippen LogP contribution in [-0.2, 0) is 86.4 Å². The normalized spacial score (nSPS) is 23.9. The van der Waals surface area contributed by atoms with Crippen LogP contribution in [0, 0.1) is 23.7 Å². The number of carbonyl (C=O) groups is 14. The molecule has 3 aromatic rings. The standard InChI is InChI=1S/C84H128N14O15/c1-50(2)43-63-73(102)86-62(80(109)97(22)68(48-61-39-31-25-32-40-61)82(111)94(19)65(46-59-35-27-23-28-36-59)72(101)85-54(9)76(105)98-41-33-26-34-42-98)49-69(100)89(14)55(10)77(106)90(15)56(11)78(107)92(17)66(47-60-37-29-24-30-38-60)75(104)88-71(58(13)99)84(113)91(16)57(12)79(108)96(21)67(45-52(5)6)81(110)93(18)64(44-51(3)4)74(103)87-70(53(7)8)83(112)95(63)20/h23-25,27-32,35-40,50-58,62-68,70-71,99H,26,33-34,41-49H2,1-22H3,(H,85,101)(H,86,102)(H,87,103)(H,88,104)/t54-,55-,56-,57-,58+,62-,63-,64-,65-,66-,67-,68-,70-,71-/m0/s1. The third-order valence-electron chi connectivity index (χ3n) is 22.1. The first-order valence-electron chi connectivity index (χ1n) is 39.6. The molecule has 113 heavy (non-hydrogen) atoms. The Morgan fingerprint density at radius 3 is 1.30 bits per heavy atom. The highest BCUT2D eigenvalue weighted by atomic mass is 16.3. The lowest BCUT2D eigenvalue weighted by Crippen LogP contribution is -2.62. The fraction of sp³-hybridized carbons (Fsp3) is 0.619. The zero-order valence-corrected chi connectivity index (χ0v) is 70.7. The Balaban J connectivity index is 1.72. The topological polar surface area (TPSA) is 340 Å². The van der Waals surface area contributed by atoms with Gasteiger partial charge in [0.1, 0.15) is 78.5 Å². The number of likely N-dealkylation sites (tertiary alicyclic amines) is 1. The Kier molecular flexibility index (Phi) is 35.6. The highest BCUT2D eigenvalue weighted by molar-refractivity contribution is 6.01. The molecule has 2 saturated heterocycles. The summed E-state index contributed by atoms with van der Waals surface area (Å²) in [4.78, 5) is 223. The number of hydrogen-bond donors (Lipinski definition) is 5. The van der Waals surface area contributed by atoms with Crippen molar-refractivity contribution in [3.05, 3.63) is 108 Å². The van der Waals surface area contributed by atoms with Gasteiger partial charge in [-0.3, -0.25) is 67.1 Å². The van der Waals surface area contributed by atoms with Gasteiger partial charge in [-0.1, -0.05) is 146 Å². The van der Waals surface area contributed by atoms with Gasteiger partial charge in [0.2, 0.25) is 82.7 Å². The summed E-state index contributed by atoms with van der Waals surface area (Å²) in [5.74, 6) is -12.2. The van der Waals surface area contributed by atoms with Crippen molar-refractivity contribution in [3.63, 3.8) is 0 Å². The number of nitrogens with zero attached hydrogens (tertiary/aromatic N) is 10. The van der Waals surface area contributed by atoms with Crippen molar-refractivity contribution >= 4 is 82.7 Å². The smallest absolute Gasteiger partial charge is 0.248 e. The van der Waals surface area contributed by atoms with Crippen LogP contribution in [0.4, 0.5) is 0 Å². The van der Waals surface area contributed by atoms with Crippen molar-refractivity contribution < 1.29 is 72.2 Å². The first kappa shape index (κ1) is 93.8. The maximum atomic E-state index is 16.0. The number of nitrogens with one attached hydrogen (secondary N) is 4. The lowest BCUT2D eigenvalue weighted by atomic mass is 9.95. The van der Waals surface area contributed by atoms with E-state index in [9.17, 15) is 38.7 Å². The molecular formula is C84H128N14O15. The monoisotopic (exact) mass is 1570 g/mol. The Hall–Kier alpha value is -9.80. The quantitative estimate of drug-likeness (QED) is 0.101. The molecule has 29 heteroatoms. The minimum Gasteiger partial charge on any atom is -0.391 e. The van der Waals surface area contributed by atoms with Gasteiger partial charge in [-0.05, 0) is 114 Å². The molecule has 2 aliphatic heterocycles. The lowest BCUT2D eigenvalue weighted by Gasteiger charge is -2.39. The van der Waals surface area contributed by atoms with E-state index in [0.717, 1.165) is 48.7 Å². The summed E-state index contributed by atoms with van der Waals surface area (Å²) in [5, 5.41) is 22.5. The summed E-state index contributed by atoms with van der Waals surface area (Å²) in [6, 6.07) is 8.13. The SMILES string of the molecule is CC(C)C[C@H]1C(=O)N[C@H](C(=O)N(C)[C@@H](Cc2ccccc2)C(=O)N(C)[C@@H](Cc2ccccc2)C(=O)N[C@@H](C)C(=O)N2CCCCC2)CC(=O)N(C)[C@@H](C)C(=O)N(C)[C@@H](C)C(=O)N(C)[C@@H](Cc2ccccc2)C(=O)N[C@@H]([C@@H](C)O)C(=O)N(C)[C@@H](C)C(=O)N(C)[C@@H](CC(C)C)C(=O)N(C)[C@@H](CC(C)C)C(=O)N[C@@H](C(C)C)C(=O)N1C. The van der Waals surface area contributed by atoms with E-state index in [-0.39, 0.29) is 62.2 Å². The average Bonchev–Trinajstić information content (AvgIpc) is 0.848. The third-order valence-corrected chi connectivity index (χ3v) is 22.1. The van der Waals surface area contributed by atoms with E-state index in [4.69, 9.17) is 0 Å². The highest BCUT2D eigenvalue weighted by Gasteiger charge is 2.46. The molecule has 0 aliphatic carbocycles. The molecule has 14 atom stereocenters. The van der Waals surface area contributed by atoms with Crippen molar-refractivity contribution in [1.29, 1.82) is 0 Å². The Bertz CT molecular complexity index is 3760. The number of hydrogen-bond acceptors (Lipinski definition) is 15. The average molecular weight is 1570 g/mol. The van der Waals surface area contributed by atoms with E-state index in [0.29, 0.717) is 29.8 Å². The van der Waals surface area contributed by atoms with Gasteiger partial charge in [0, 0.05) is 95.8 Å². The molecular weight excluding hydrogens is 1450 g/mol. The van der Waals surface area contributed by atoms with Crippen LogP contribution in [0.2, 0.25) is 0 Å². The largest absolute Gasteiger partial charge is 0.391 e. The van der Waals surface area contributed by atoms with Crippen molar-refractivity contribution in [2.45, 2.75) is 239 Å². The molecule has 14 amide bonds. The summed E-state index contributed by atoms with van der Waals surface area (Å²) in [6.45, 7) is 22.5. The molecule has 5 rings (SSSR count). The van der Waals surface area contributed by atoms with Gasteiger partial charge < -0.3 is 75.4 Å². The minimum absolute atomic E-state index is 0.0254. The Morgan fingerprint density at radius 1 is 0.451 bits per heavy atom. The summed E-state index contributed by atoms with van der Waals surface area (Å²) in [5.41, 5.74) is 1.82. The van der Waals surface area contributed by atoms with E-state index in [1.165, 1.54) is 106 Å². The first-order valence-corrected chi connectivity index (χ1v) is 39.6. The van der Waals surface area contributed by atoms with Gasteiger partial charge in [0.25, 0.3) is 0 Å². The summed E-state index contributed by atoms with van der Waals surface area (Å²) < 4.78 is 0. The fourth-order valence-corrected chi connectivity index (χ4v) is 14.4. The van der Waals surface area contributed by atoms with E-state index in [2.05, 4.69) is 21.3 Å². The molecule has 0 unspecified atom stereocenters. The zero-order chi connectivity index (χ0) is 84.9. The number of carbonyl (C=O) groups excluding carboxylic acids is 14. The van der Waals surface area contributed by atoms with Crippen molar-refractivity contribution in [3.8, 4) is 0 Å². The molecule has 0 bridgehead atoms. The molecule has 0 aromatic heterocycles. The molecule has 5 N–H and O–H groups in total. The van der Waals surface area contributed by atoms with Crippen LogP contribution < -0.4 is 21.3 Å². The second kappa shape index (κ2) is 42.9. The molecule has 2 aliphatic rings.